The predicted octanol–water partition coefficient (Wildman–Crippen LogP) is 3.41. The van der Waals surface area contributed by atoms with Gasteiger partial charge in [-0.3, -0.25) is 4.68 Å². The molecule has 1 N–H and O–H groups in total. The lowest BCUT2D eigenvalue weighted by Gasteiger charge is -2.35. The molecule has 0 aliphatic heterocycles. The first-order chi connectivity index (χ1) is 8.08. The minimum Gasteiger partial charge on any atom is -0.308 e. The maximum atomic E-state index is 4.35. The van der Waals surface area contributed by atoms with E-state index >= 15 is 0 Å². The van der Waals surface area contributed by atoms with Gasteiger partial charge in [0.25, 0.3) is 0 Å². The summed E-state index contributed by atoms with van der Waals surface area (Å²) in [7, 11) is 2.03. The molecule has 96 valence electrons. The summed E-state index contributed by atoms with van der Waals surface area (Å²) in [6.07, 6.45) is 7.23. The zero-order valence-electron chi connectivity index (χ0n) is 11.0. The van der Waals surface area contributed by atoms with E-state index in [4.69, 9.17) is 0 Å². The molecule has 0 bridgehead atoms. The van der Waals surface area contributed by atoms with Crippen LogP contribution in [0, 0.1) is 5.41 Å². The van der Waals surface area contributed by atoms with Crippen LogP contribution in [0.5, 0.6) is 0 Å². The van der Waals surface area contributed by atoms with Gasteiger partial charge in [-0.15, -0.1) is 0 Å². The fraction of sp³-hybridized carbons (Fsp3) is 0.769. The lowest BCUT2D eigenvalue weighted by molar-refractivity contribution is 0.216. The van der Waals surface area contributed by atoms with Gasteiger partial charge in [-0.25, -0.2) is 0 Å². The molecule has 1 atom stereocenters. The molecule has 3 nitrogen and oxygen atoms in total. The van der Waals surface area contributed by atoms with E-state index in [2.05, 4.69) is 40.2 Å². The SMILES string of the molecule is CCNC(c1c(Br)cnn1C)C1(C)CCCC1. The second kappa shape index (κ2) is 5.11. The van der Waals surface area contributed by atoms with Crippen LogP contribution in [0.25, 0.3) is 0 Å². The first kappa shape index (κ1) is 13.1. The van der Waals surface area contributed by atoms with Crippen LogP contribution < -0.4 is 5.32 Å². The van der Waals surface area contributed by atoms with Crippen LogP contribution in [-0.2, 0) is 7.05 Å². The molecular formula is C13H22BrN3. The summed E-state index contributed by atoms with van der Waals surface area (Å²) in [5.74, 6) is 0. The molecule has 1 aliphatic carbocycles. The molecule has 1 aromatic heterocycles. The van der Waals surface area contributed by atoms with Crippen molar-refractivity contribution in [3.8, 4) is 0 Å². The molecule has 17 heavy (non-hydrogen) atoms. The minimum atomic E-state index is 0.367. The molecule has 1 unspecified atom stereocenters. The highest BCUT2D eigenvalue weighted by Crippen LogP contribution is 2.48. The van der Waals surface area contributed by atoms with Gasteiger partial charge >= 0.3 is 0 Å². The Balaban J connectivity index is 2.35. The molecular weight excluding hydrogens is 278 g/mol. The van der Waals surface area contributed by atoms with Crippen molar-refractivity contribution in [1.29, 1.82) is 0 Å². The Morgan fingerprint density at radius 1 is 1.53 bits per heavy atom. The average molecular weight is 300 g/mol. The average Bonchev–Trinajstić information content (AvgIpc) is 2.85. The number of hydrogen-bond donors (Lipinski definition) is 1. The van der Waals surface area contributed by atoms with Crippen LogP contribution in [0.2, 0.25) is 0 Å². The standard InChI is InChI=1S/C13H22BrN3/c1-4-15-12(13(2)7-5-6-8-13)11-10(14)9-16-17(11)3/h9,12,15H,4-8H2,1-3H3. The van der Waals surface area contributed by atoms with E-state index in [1.165, 1.54) is 31.4 Å². The summed E-state index contributed by atoms with van der Waals surface area (Å²) < 4.78 is 3.13. The summed E-state index contributed by atoms with van der Waals surface area (Å²) in [4.78, 5) is 0. The minimum absolute atomic E-state index is 0.367. The quantitative estimate of drug-likeness (QED) is 0.923. The van der Waals surface area contributed by atoms with Gasteiger partial charge in [-0.1, -0.05) is 26.7 Å². The summed E-state index contributed by atoms with van der Waals surface area (Å²) >= 11 is 3.64. The van der Waals surface area contributed by atoms with Crippen molar-refractivity contribution >= 4 is 15.9 Å². The third kappa shape index (κ3) is 2.43. The van der Waals surface area contributed by atoms with Crippen LogP contribution in [0.15, 0.2) is 10.7 Å². The molecule has 1 aromatic rings. The largest absolute Gasteiger partial charge is 0.308 e. The van der Waals surface area contributed by atoms with Gasteiger partial charge in [0.1, 0.15) is 0 Å². The van der Waals surface area contributed by atoms with Crippen molar-refractivity contribution < 1.29 is 0 Å². The molecule has 1 fully saturated rings. The van der Waals surface area contributed by atoms with Gasteiger partial charge in [0.15, 0.2) is 0 Å². The Morgan fingerprint density at radius 2 is 2.18 bits per heavy atom. The highest BCUT2D eigenvalue weighted by atomic mass is 79.9. The third-order valence-corrected chi connectivity index (χ3v) is 4.67. The number of aromatic nitrogens is 2. The van der Waals surface area contributed by atoms with Gasteiger partial charge < -0.3 is 5.32 Å². The predicted molar refractivity (Wildman–Crippen MR) is 73.9 cm³/mol. The Labute approximate surface area is 112 Å². The summed E-state index contributed by atoms with van der Waals surface area (Å²) in [5.41, 5.74) is 1.66. The number of nitrogens with one attached hydrogen (secondary N) is 1. The van der Waals surface area contributed by atoms with Crippen LogP contribution in [0.1, 0.15) is 51.3 Å². The van der Waals surface area contributed by atoms with E-state index in [9.17, 15) is 0 Å². The number of aryl methyl sites for hydroxylation is 1. The van der Waals surface area contributed by atoms with Crippen molar-refractivity contribution in [2.75, 3.05) is 6.54 Å². The first-order valence-corrected chi connectivity index (χ1v) is 7.28. The van der Waals surface area contributed by atoms with Gasteiger partial charge in [0, 0.05) is 7.05 Å². The van der Waals surface area contributed by atoms with Crippen LogP contribution in [0.4, 0.5) is 0 Å². The van der Waals surface area contributed by atoms with Gasteiger partial charge in [-0.2, -0.15) is 5.10 Å². The molecule has 1 aliphatic rings. The van der Waals surface area contributed by atoms with Crippen molar-refractivity contribution in [2.45, 2.75) is 45.6 Å². The Kier molecular flexibility index (Phi) is 3.93. The molecule has 2 rings (SSSR count). The highest BCUT2D eigenvalue weighted by molar-refractivity contribution is 9.10. The molecule has 0 amide bonds. The van der Waals surface area contributed by atoms with Gasteiger partial charge in [-0.05, 0) is 40.7 Å². The lowest BCUT2D eigenvalue weighted by Crippen LogP contribution is -2.36. The Hall–Kier alpha value is -0.350. The molecule has 1 saturated carbocycles. The highest BCUT2D eigenvalue weighted by Gasteiger charge is 2.39. The fourth-order valence-electron chi connectivity index (χ4n) is 3.09. The number of nitrogens with zero attached hydrogens (tertiary/aromatic N) is 2. The third-order valence-electron chi connectivity index (χ3n) is 4.06. The van der Waals surface area contributed by atoms with Crippen LogP contribution in [-0.4, -0.2) is 16.3 Å². The van der Waals surface area contributed by atoms with E-state index < -0.39 is 0 Å². The lowest BCUT2D eigenvalue weighted by atomic mass is 9.79. The summed E-state index contributed by atoms with van der Waals surface area (Å²) in [6, 6.07) is 0.400. The number of rotatable bonds is 4. The monoisotopic (exact) mass is 299 g/mol. The summed E-state index contributed by atoms with van der Waals surface area (Å²) in [5, 5.41) is 8.01. The van der Waals surface area contributed by atoms with E-state index in [0.29, 0.717) is 11.5 Å². The van der Waals surface area contributed by atoms with Crippen molar-refractivity contribution in [2.24, 2.45) is 12.5 Å². The molecule has 1 heterocycles. The van der Waals surface area contributed by atoms with Crippen LogP contribution in [0.3, 0.4) is 0 Å². The molecule has 0 radical (unpaired) electrons. The van der Waals surface area contributed by atoms with E-state index in [1.54, 1.807) is 0 Å². The van der Waals surface area contributed by atoms with Crippen molar-refractivity contribution in [1.82, 2.24) is 15.1 Å². The van der Waals surface area contributed by atoms with E-state index in [1.807, 2.05) is 17.9 Å². The number of hydrogen-bond acceptors (Lipinski definition) is 2. The maximum absolute atomic E-state index is 4.35. The smallest absolute Gasteiger partial charge is 0.0697 e. The maximum Gasteiger partial charge on any atom is 0.0697 e. The molecule has 0 spiro atoms. The van der Waals surface area contributed by atoms with Gasteiger partial charge in [0.05, 0.1) is 22.4 Å². The van der Waals surface area contributed by atoms with E-state index in [-0.39, 0.29) is 0 Å². The first-order valence-electron chi connectivity index (χ1n) is 6.49. The second-order valence-electron chi connectivity index (χ2n) is 5.35. The molecule has 4 heteroatoms. The van der Waals surface area contributed by atoms with E-state index in [0.717, 1.165) is 11.0 Å². The van der Waals surface area contributed by atoms with Crippen LogP contribution >= 0.6 is 15.9 Å². The summed E-state index contributed by atoms with van der Waals surface area (Å²) in [6.45, 7) is 5.58. The fourth-order valence-corrected chi connectivity index (χ4v) is 3.67. The zero-order valence-corrected chi connectivity index (χ0v) is 12.5. The normalized spacial score (nSPS) is 20.7. The molecule has 0 aromatic carbocycles. The topological polar surface area (TPSA) is 29.9 Å². The molecule has 0 saturated heterocycles. The Bertz CT molecular complexity index is 361. The van der Waals surface area contributed by atoms with Gasteiger partial charge in [0.2, 0.25) is 0 Å². The Morgan fingerprint density at radius 3 is 2.65 bits per heavy atom. The number of halogens is 1. The zero-order chi connectivity index (χ0) is 12.5. The second-order valence-corrected chi connectivity index (χ2v) is 6.21. The van der Waals surface area contributed by atoms with Crippen molar-refractivity contribution in [3.63, 3.8) is 0 Å². The van der Waals surface area contributed by atoms with Crippen molar-refractivity contribution in [3.05, 3.63) is 16.4 Å².